The molecule has 0 aliphatic carbocycles. The molecule has 0 saturated carbocycles. The first-order valence-corrected chi connectivity index (χ1v) is 7.40. The second-order valence-corrected chi connectivity index (χ2v) is 6.07. The number of likely N-dealkylation sites (tertiary alicyclic amines) is 2. The third kappa shape index (κ3) is 3.99. The fraction of sp³-hybridized carbons (Fsp3) is 0.929. The lowest BCUT2D eigenvalue weighted by Crippen LogP contribution is -2.56. The second-order valence-electron chi connectivity index (χ2n) is 6.07. The van der Waals surface area contributed by atoms with Gasteiger partial charge in [-0.05, 0) is 44.9 Å². The van der Waals surface area contributed by atoms with E-state index in [1.54, 1.807) is 0 Å². The Morgan fingerprint density at radius 2 is 1.79 bits per heavy atom. The molecular weight excluding hydrogens is 262 g/mol. The van der Waals surface area contributed by atoms with Crippen molar-refractivity contribution in [2.24, 2.45) is 11.7 Å². The van der Waals surface area contributed by atoms with Crippen molar-refractivity contribution in [1.82, 2.24) is 9.80 Å². The van der Waals surface area contributed by atoms with Crippen molar-refractivity contribution >= 4 is 18.4 Å². The summed E-state index contributed by atoms with van der Waals surface area (Å²) in [5.41, 5.74) is 6.03. The van der Waals surface area contributed by atoms with Crippen molar-refractivity contribution in [3.05, 3.63) is 0 Å². The van der Waals surface area contributed by atoms with Crippen LogP contribution in [-0.2, 0) is 0 Å². The van der Waals surface area contributed by atoms with E-state index in [9.17, 15) is 4.79 Å². The van der Waals surface area contributed by atoms with Crippen molar-refractivity contribution in [2.45, 2.75) is 58.0 Å². The lowest BCUT2D eigenvalue weighted by molar-refractivity contribution is 0.0961. The minimum atomic E-state index is 0. The first kappa shape index (κ1) is 16.6. The average Bonchev–Trinajstić information content (AvgIpc) is 2.39. The van der Waals surface area contributed by atoms with Gasteiger partial charge in [-0.2, -0.15) is 0 Å². The van der Waals surface area contributed by atoms with Crippen molar-refractivity contribution in [1.29, 1.82) is 0 Å². The van der Waals surface area contributed by atoms with Gasteiger partial charge in [0.1, 0.15) is 0 Å². The summed E-state index contributed by atoms with van der Waals surface area (Å²) in [7, 11) is 0. The van der Waals surface area contributed by atoms with Crippen LogP contribution in [0.3, 0.4) is 0 Å². The van der Waals surface area contributed by atoms with Crippen LogP contribution in [0.2, 0.25) is 0 Å². The molecule has 4 nitrogen and oxygen atoms in total. The molecule has 2 aliphatic heterocycles. The van der Waals surface area contributed by atoms with Gasteiger partial charge in [-0.25, -0.2) is 4.79 Å². The predicted molar refractivity (Wildman–Crippen MR) is 80.6 cm³/mol. The van der Waals surface area contributed by atoms with Gasteiger partial charge in [0.05, 0.1) is 0 Å². The van der Waals surface area contributed by atoms with Crippen molar-refractivity contribution < 1.29 is 4.79 Å². The van der Waals surface area contributed by atoms with Crippen LogP contribution in [0.15, 0.2) is 0 Å². The first-order valence-electron chi connectivity index (χ1n) is 7.40. The van der Waals surface area contributed by atoms with Crippen LogP contribution in [0.4, 0.5) is 4.79 Å². The third-order valence-corrected chi connectivity index (χ3v) is 4.46. The number of halogens is 1. The monoisotopic (exact) mass is 289 g/mol. The maximum absolute atomic E-state index is 12.6. The van der Waals surface area contributed by atoms with Crippen molar-refractivity contribution in [3.8, 4) is 0 Å². The van der Waals surface area contributed by atoms with Crippen molar-refractivity contribution in [2.75, 3.05) is 19.6 Å². The maximum Gasteiger partial charge on any atom is 0.320 e. The third-order valence-electron chi connectivity index (χ3n) is 4.46. The number of urea groups is 1. The number of nitrogens with two attached hydrogens (primary N) is 1. The highest BCUT2D eigenvalue weighted by Gasteiger charge is 2.32. The molecule has 0 bridgehead atoms. The molecule has 2 heterocycles. The summed E-state index contributed by atoms with van der Waals surface area (Å²) in [6.45, 7) is 7.02. The number of piperidine rings is 2. The molecule has 2 fully saturated rings. The van der Waals surface area contributed by atoms with E-state index in [0.29, 0.717) is 0 Å². The van der Waals surface area contributed by atoms with Crippen LogP contribution >= 0.6 is 12.4 Å². The predicted octanol–water partition coefficient (Wildman–Crippen LogP) is 2.46. The van der Waals surface area contributed by atoms with Gasteiger partial charge in [0, 0.05) is 31.7 Å². The van der Waals surface area contributed by atoms with E-state index in [0.717, 1.165) is 51.2 Å². The highest BCUT2D eigenvalue weighted by atomic mass is 35.5. The summed E-state index contributed by atoms with van der Waals surface area (Å²) in [4.78, 5) is 16.6. The van der Waals surface area contributed by atoms with Crippen molar-refractivity contribution in [3.63, 3.8) is 0 Å². The lowest BCUT2D eigenvalue weighted by atomic mass is 9.96. The smallest absolute Gasteiger partial charge is 0.320 e. The number of hydrogen-bond acceptors (Lipinski definition) is 2. The molecule has 0 spiro atoms. The molecule has 112 valence electrons. The van der Waals surface area contributed by atoms with Crippen LogP contribution in [0, 0.1) is 5.92 Å². The Morgan fingerprint density at radius 1 is 1.16 bits per heavy atom. The van der Waals surface area contributed by atoms with E-state index in [2.05, 4.69) is 6.92 Å². The van der Waals surface area contributed by atoms with Crippen LogP contribution in [0.5, 0.6) is 0 Å². The minimum absolute atomic E-state index is 0. The Morgan fingerprint density at radius 3 is 2.37 bits per heavy atom. The molecule has 2 N–H and O–H groups in total. The summed E-state index contributed by atoms with van der Waals surface area (Å²) < 4.78 is 0. The largest absolute Gasteiger partial charge is 0.326 e. The molecule has 2 unspecified atom stereocenters. The Labute approximate surface area is 123 Å². The maximum atomic E-state index is 12.6. The molecule has 5 heteroatoms. The Kier molecular flexibility index (Phi) is 6.40. The Bertz CT molecular complexity index is 290. The van der Waals surface area contributed by atoms with Crippen LogP contribution in [0.1, 0.15) is 46.0 Å². The molecule has 0 aromatic carbocycles. The zero-order chi connectivity index (χ0) is 13.1. The van der Waals surface area contributed by atoms with E-state index >= 15 is 0 Å². The number of nitrogens with zero attached hydrogens (tertiary/aromatic N) is 2. The molecular formula is C14H28ClN3O. The van der Waals surface area contributed by atoms with Gasteiger partial charge in [0.25, 0.3) is 0 Å². The van der Waals surface area contributed by atoms with Crippen LogP contribution in [-0.4, -0.2) is 47.5 Å². The van der Waals surface area contributed by atoms with E-state index in [4.69, 9.17) is 5.73 Å². The Balaban J connectivity index is 0.00000180. The number of hydrogen-bond donors (Lipinski definition) is 1. The van der Waals surface area contributed by atoms with E-state index in [1.807, 2.05) is 16.7 Å². The van der Waals surface area contributed by atoms with Gasteiger partial charge in [0.15, 0.2) is 0 Å². The van der Waals surface area contributed by atoms with Crippen LogP contribution in [0.25, 0.3) is 0 Å². The Hall–Kier alpha value is -0.480. The standard InChI is InChI=1S/C14H27N3O.ClH/c1-11-6-9-16(10-7-11)14(18)17-8-4-3-5-13(17)12(2)15;/h11-13H,3-10,15H2,1-2H3;1H. The van der Waals surface area contributed by atoms with Gasteiger partial charge in [-0.15, -0.1) is 12.4 Å². The summed E-state index contributed by atoms with van der Waals surface area (Å²) in [5, 5.41) is 0. The average molecular weight is 290 g/mol. The van der Waals surface area contributed by atoms with Gasteiger partial charge in [-0.1, -0.05) is 6.92 Å². The molecule has 2 atom stereocenters. The zero-order valence-electron chi connectivity index (χ0n) is 12.2. The fourth-order valence-electron chi connectivity index (χ4n) is 3.12. The van der Waals surface area contributed by atoms with Gasteiger partial charge in [0.2, 0.25) is 0 Å². The normalized spacial score (nSPS) is 26.8. The molecule has 2 aliphatic rings. The zero-order valence-corrected chi connectivity index (χ0v) is 13.0. The molecule has 0 aromatic heterocycles. The highest BCUT2D eigenvalue weighted by Crippen LogP contribution is 2.23. The van der Waals surface area contributed by atoms with E-state index < -0.39 is 0 Å². The van der Waals surface area contributed by atoms with E-state index in [-0.39, 0.29) is 30.5 Å². The van der Waals surface area contributed by atoms with Gasteiger partial charge >= 0.3 is 6.03 Å². The first-order chi connectivity index (χ1) is 8.59. The fourth-order valence-corrected chi connectivity index (χ4v) is 3.12. The van der Waals surface area contributed by atoms with Crippen LogP contribution < -0.4 is 5.73 Å². The molecule has 2 rings (SSSR count). The van der Waals surface area contributed by atoms with E-state index in [1.165, 1.54) is 6.42 Å². The molecule has 2 saturated heterocycles. The molecule has 19 heavy (non-hydrogen) atoms. The van der Waals surface area contributed by atoms with Gasteiger partial charge < -0.3 is 15.5 Å². The summed E-state index contributed by atoms with van der Waals surface area (Å²) in [6, 6.07) is 0.549. The molecule has 0 radical (unpaired) electrons. The number of rotatable bonds is 1. The highest BCUT2D eigenvalue weighted by molar-refractivity contribution is 5.85. The second kappa shape index (κ2) is 7.34. The number of amides is 2. The summed E-state index contributed by atoms with van der Waals surface area (Å²) in [6.07, 6.45) is 5.67. The number of carbonyl (C=O) groups excluding carboxylic acids is 1. The molecule has 0 aromatic rings. The summed E-state index contributed by atoms with van der Waals surface area (Å²) >= 11 is 0. The van der Waals surface area contributed by atoms with Gasteiger partial charge in [-0.3, -0.25) is 0 Å². The topological polar surface area (TPSA) is 49.6 Å². The minimum Gasteiger partial charge on any atom is -0.326 e. The summed E-state index contributed by atoms with van der Waals surface area (Å²) in [5.74, 6) is 0.764. The SMILES string of the molecule is CC1CCN(C(=O)N2CCCCC2C(C)N)CC1.Cl. The number of carbonyl (C=O) groups is 1. The quantitative estimate of drug-likeness (QED) is 0.806. The lowest BCUT2D eigenvalue weighted by Gasteiger charge is -2.42. The molecule has 2 amide bonds.